The average molecular weight is 1240 g/mol. The molecule has 8 atom stereocenters. The molecule has 11 amide bonds. The van der Waals surface area contributed by atoms with E-state index in [1.165, 1.54) is 26.5 Å². The van der Waals surface area contributed by atoms with E-state index in [1.54, 1.807) is 62.3 Å². The summed E-state index contributed by atoms with van der Waals surface area (Å²) in [5.74, 6) is -6.61. The highest BCUT2D eigenvalue weighted by Gasteiger charge is 2.47. The molecule has 0 spiro atoms. The SMILES string of the molecule is CC(NC(=O)CNC(=O)C(COC(C)(C)C)NC(=O)C(COC(C)(C)C)NC(=O)[C@@H]1CCCN1C(=O)CNC(=O)OCC1c2ccccc2-c2ccccc21)C(=O)N1CCC[C@H]1C(=O)N1CCC[C@H]1C(=O)N1CCC[C@H]1C(=O)NC(COC(C)(C)C)C(N)=O. The van der Waals surface area contributed by atoms with Crippen LogP contribution in [-0.2, 0) is 66.9 Å². The van der Waals surface area contributed by atoms with Gasteiger partial charge < -0.3 is 76.2 Å². The zero-order valence-corrected chi connectivity index (χ0v) is 53.0. The van der Waals surface area contributed by atoms with Gasteiger partial charge in [-0.1, -0.05) is 48.5 Å². The molecule has 7 rings (SSSR count). The molecule has 4 unspecified atom stereocenters. The van der Waals surface area contributed by atoms with Crippen LogP contribution in [0.3, 0.4) is 0 Å². The fourth-order valence-electron chi connectivity index (χ4n) is 11.8. The Morgan fingerprint density at radius 1 is 0.517 bits per heavy atom. The number of ether oxygens (including phenoxy) is 4. The number of hydrogen-bond donors (Lipinski definition) is 7. The van der Waals surface area contributed by atoms with Crippen molar-refractivity contribution in [3.05, 3.63) is 59.7 Å². The predicted molar refractivity (Wildman–Crippen MR) is 325 cm³/mol. The molecule has 4 heterocycles. The third kappa shape index (κ3) is 18.5. The molecule has 2 aromatic carbocycles. The van der Waals surface area contributed by atoms with E-state index < -0.39 is 143 Å². The minimum absolute atomic E-state index is 0.0393. The number of alkyl carbamates (subject to hydrolysis) is 1. The summed E-state index contributed by atoms with van der Waals surface area (Å²) in [7, 11) is 0. The van der Waals surface area contributed by atoms with Crippen molar-refractivity contribution in [3.63, 3.8) is 0 Å². The summed E-state index contributed by atoms with van der Waals surface area (Å²) in [5.41, 5.74) is 7.58. The fourth-order valence-corrected chi connectivity index (χ4v) is 11.8. The highest BCUT2D eigenvalue weighted by Crippen LogP contribution is 2.44. The molecule has 4 saturated heterocycles. The number of carbonyl (C=O) groups excluding carboxylic acids is 11. The number of carbonyl (C=O) groups is 11. The number of benzene rings is 2. The lowest BCUT2D eigenvalue weighted by Crippen LogP contribution is -2.60. The van der Waals surface area contributed by atoms with Crippen LogP contribution in [0.25, 0.3) is 11.1 Å². The number of amides is 11. The minimum atomic E-state index is -1.42. The Hall–Kier alpha value is -7.71. The smallest absolute Gasteiger partial charge is 0.407 e. The van der Waals surface area contributed by atoms with Gasteiger partial charge in [-0.3, -0.25) is 47.9 Å². The van der Waals surface area contributed by atoms with Gasteiger partial charge in [0.05, 0.1) is 43.2 Å². The molecule has 0 aromatic heterocycles. The summed E-state index contributed by atoms with van der Waals surface area (Å²) in [6.45, 7) is 16.3. The number of fused-ring (bicyclic) bond motifs is 3. The van der Waals surface area contributed by atoms with Gasteiger partial charge in [0.15, 0.2) is 0 Å². The second kappa shape index (κ2) is 29.7. The van der Waals surface area contributed by atoms with Gasteiger partial charge in [0.25, 0.3) is 0 Å². The highest BCUT2D eigenvalue weighted by atomic mass is 16.5. The summed E-state index contributed by atoms with van der Waals surface area (Å²) in [6, 6.07) is 6.94. The van der Waals surface area contributed by atoms with E-state index in [0.29, 0.717) is 44.9 Å². The Bertz CT molecular complexity index is 2910. The molecule has 2 aromatic rings. The second-order valence-electron chi connectivity index (χ2n) is 26.4. The summed E-state index contributed by atoms with van der Waals surface area (Å²) in [5, 5.41) is 15.6. The first-order valence-electron chi connectivity index (χ1n) is 30.9. The topological polar surface area (TPSA) is 336 Å². The predicted octanol–water partition coefficient (Wildman–Crippen LogP) is 1.50. The van der Waals surface area contributed by atoms with Crippen molar-refractivity contribution < 1.29 is 71.7 Å². The van der Waals surface area contributed by atoms with Gasteiger partial charge in [-0.05, 0) is 143 Å². The molecule has 488 valence electrons. The fraction of sp³-hybridized carbons (Fsp3) is 0.635. The first-order chi connectivity index (χ1) is 41.9. The lowest BCUT2D eigenvalue weighted by Gasteiger charge is -2.34. The van der Waals surface area contributed by atoms with Crippen LogP contribution in [0.1, 0.15) is 138 Å². The molecule has 89 heavy (non-hydrogen) atoms. The molecule has 8 N–H and O–H groups in total. The van der Waals surface area contributed by atoms with Gasteiger partial charge in [-0.15, -0.1) is 0 Å². The van der Waals surface area contributed by atoms with Crippen molar-refractivity contribution in [2.24, 2.45) is 5.73 Å². The van der Waals surface area contributed by atoms with Gasteiger partial charge in [0.2, 0.25) is 59.1 Å². The van der Waals surface area contributed by atoms with E-state index in [-0.39, 0.29) is 64.9 Å². The van der Waals surface area contributed by atoms with E-state index in [0.717, 1.165) is 22.3 Å². The Morgan fingerprint density at radius 2 is 0.944 bits per heavy atom. The molecule has 26 heteroatoms. The van der Waals surface area contributed by atoms with Crippen molar-refractivity contribution >= 4 is 65.2 Å². The zero-order valence-electron chi connectivity index (χ0n) is 53.0. The Balaban J connectivity index is 0.911. The maximum Gasteiger partial charge on any atom is 0.407 e. The van der Waals surface area contributed by atoms with Crippen molar-refractivity contribution in [1.29, 1.82) is 0 Å². The van der Waals surface area contributed by atoms with Gasteiger partial charge >= 0.3 is 6.09 Å². The molecule has 0 saturated carbocycles. The summed E-state index contributed by atoms with van der Waals surface area (Å²) in [6.07, 6.45) is 2.39. The Morgan fingerprint density at radius 3 is 1.46 bits per heavy atom. The van der Waals surface area contributed by atoms with E-state index >= 15 is 0 Å². The number of hydrogen-bond acceptors (Lipinski definition) is 15. The molecule has 4 fully saturated rings. The van der Waals surface area contributed by atoms with Gasteiger partial charge in [0.1, 0.15) is 61.5 Å². The second-order valence-corrected chi connectivity index (χ2v) is 26.4. The monoisotopic (exact) mass is 1240 g/mol. The van der Waals surface area contributed by atoms with Gasteiger partial charge in [0, 0.05) is 32.1 Å². The van der Waals surface area contributed by atoms with Crippen LogP contribution < -0.4 is 37.6 Å². The largest absolute Gasteiger partial charge is 0.449 e. The van der Waals surface area contributed by atoms with E-state index in [1.807, 2.05) is 48.5 Å². The number of nitrogens with one attached hydrogen (secondary N) is 6. The zero-order chi connectivity index (χ0) is 65.1. The quantitative estimate of drug-likeness (QED) is 0.0783. The molecular weight excluding hydrogens is 1150 g/mol. The molecule has 26 nitrogen and oxygen atoms in total. The number of nitrogens with zero attached hydrogens (tertiary/aromatic N) is 4. The summed E-state index contributed by atoms with van der Waals surface area (Å²) in [4.78, 5) is 156. The first-order valence-corrected chi connectivity index (χ1v) is 30.9. The number of likely N-dealkylation sites (tertiary alicyclic amines) is 4. The lowest BCUT2D eigenvalue weighted by molar-refractivity contribution is -0.151. The average Bonchev–Trinajstić information content (AvgIpc) is 2.40. The van der Waals surface area contributed by atoms with Crippen molar-refractivity contribution in [2.45, 2.75) is 192 Å². The molecule has 0 radical (unpaired) electrons. The van der Waals surface area contributed by atoms with Crippen molar-refractivity contribution in [1.82, 2.24) is 51.5 Å². The molecule has 0 bridgehead atoms. The number of nitrogens with two attached hydrogens (primary N) is 1. The normalized spacial score (nSPS) is 20.6. The van der Waals surface area contributed by atoms with Crippen LogP contribution in [0, 0.1) is 0 Å². The van der Waals surface area contributed by atoms with E-state index in [2.05, 4.69) is 31.9 Å². The van der Waals surface area contributed by atoms with Crippen molar-refractivity contribution in [3.8, 4) is 11.1 Å². The van der Waals surface area contributed by atoms with Crippen molar-refractivity contribution in [2.75, 3.05) is 65.7 Å². The van der Waals surface area contributed by atoms with Crippen LogP contribution in [0.2, 0.25) is 0 Å². The van der Waals surface area contributed by atoms with E-state index in [4.69, 9.17) is 24.7 Å². The third-order valence-electron chi connectivity index (χ3n) is 16.2. The number of rotatable bonds is 24. The van der Waals surface area contributed by atoms with Crippen LogP contribution >= 0.6 is 0 Å². The standard InChI is InChI=1S/C63H91N11O15/c1-37(57(82)73-29-17-25-48(73)59(84)74-30-18-26-49(74)58(83)72-28-16-24-47(72)56(81)68-43(52(64)77)34-87-61(2,3)4)67-50(75)31-65-53(78)44(35-88-62(5,6)7)69-54(79)45(36-89-63(8,9)10)70-55(80)46-23-15-27-71(46)51(76)32-66-60(85)86-33-42-40-21-13-11-19-38(40)39-20-12-14-22-41(39)42/h11-14,19-22,37,42-49H,15-18,23-36H2,1-10H3,(H2,64,77)(H,65,78)(H,66,85)(H,67,75)(H,68,81)(H,69,79)(H,70,80)/t37?,43?,44?,45?,46-,47-,48-,49-/m0/s1. The maximum absolute atomic E-state index is 14.4. The minimum Gasteiger partial charge on any atom is -0.449 e. The van der Waals surface area contributed by atoms with Crippen LogP contribution in [-0.4, -0.2) is 216 Å². The summed E-state index contributed by atoms with van der Waals surface area (Å²) >= 11 is 0. The van der Waals surface area contributed by atoms with Crippen LogP contribution in [0.5, 0.6) is 0 Å². The summed E-state index contributed by atoms with van der Waals surface area (Å²) < 4.78 is 23.2. The number of primary amides is 1. The third-order valence-corrected chi connectivity index (χ3v) is 16.2. The molecule has 5 aliphatic rings. The van der Waals surface area contributed by atoms with Gasteiger partial charge in [-0.2, -0.15) is 0 Å². The molecule has 1 aliphatic carbocycles. The van der Waals surface area contributed by atoms with Crippen LogP contribution in [0.15, 0.2) is 48.5 Å². The molecule has 4 aliphatic heterocycles. The Labute approximate surface area is 520 Å². The first kappa shape index (κ1) is 68.8. The lowest BCUT2D eigenvalue weighted by atomic mass is 9.98. The maximum atomic E-state index is 14.4. The van der Waals surface area contributed by atoms with E-state index in [9.17, 15) is 52.7 Å². The van der Waals surface area contributed by atoms with Gasteiger partial charge in [-0.25, -0.2) is 4.79 Å². The van der Waals surface area contributed by atoms with Crippen LogP contribution in [0.4, 0.5) is 4.79 Å². The highest BCUT2D eigenvalue weighted by molar-refractivity contribution is 5.99. The molecular formula is C63H91N11O15. The Kier molecular flexibility index (Phi) is 23.0.